The number of hydrogen-bond acceptors (Lipinski definition) is 3. The molecule has 1 heterocycles. The molecular weight excluding hydrogens is 312 g/mol. The topological polar surface area (TPSA) is 32.8 Å². The van der Waals surface area contributed by atoms with Gasteiger partial charge in [0.1, 0.15) is 5.60 Å². The van der Waals surface area contributed by atoms with Crippen LogP contribution in [-0.2, 0) is 4.74 Å². The minimum absolute atomic E-state index is 0.144. The molecule has 2 fully saturated rings. The maximum atomic E-state index is 12.7. The fraction of sp³-hybridized carbons (Fsp3) is 0.667. The standard InChI is InChI=1S/C21H32N2O2/c1-16(17-9-6-5-7-10-17)22-14-8-11-19(22)15-23(18-12-13-18)20(24)25-21(2,3)4/h5-7,9-10,16,18-19H,8,11-15H2,1-4H3/t16-,19-/m1/s1. The maximum absolute atomic E-state index is 12.7. The van der Waals surface area contributed by atoms with Crippen LogP contribution in [0.5, 0.6) is 0 Å². The number of nitrogens with zero attached hydrogens (tertiary/aromatic N) is 2. The van der Waals surface area contributed by atoms with Gasteiger partial charge in [-0.15, -0.1) is 0 Å². The molecule has 2 aliphatic rings. The van der Waals surface area contributed by atoms with Crippen LogP contribution in [0.1, 0.15) is 65.0 Å². The van der Waals surface area contributed by atoms with Crippen LogP contribution in [0.3, 0.4) is 0 Å². The van der Waals surface area contributed by atoms with E-state index in [4.69, 9.17) is 4.74 Å². The molecule has 3 rings (SSSR count). The molecule has 138 valence electrons. The van der Waals surface area contributed by atoms with Crippen molar-refractivity contribution < 1.29 is 9.53 Å². The van der Waals surface area contributed by atoms with E-state index in [9.17, 15) is 4.79 Å². The molecule has 1 aromatic carbocycles. The lowest BCUT2D eigenvalue weighted by molar-refractivity contribution is 0.0171. The molecule has 0 aromatic heterocycles. The van der Waals surface area contributed by atoms with Crippen molar-refractivity contribution in [3.05, 3.63) is 35.9 Å². The molecule has 1 aliphatic carbocycles. The molecular formula is C21H32N2O2. The van der Waals surface area contributed by atoms with Gasteiger partial charge < -0.3 is 9.64 Å². The zero-order valence-electron chi connectivity index (χ0n) is 16.1. The Balaban J connectivity index is 1.68. The van der Waals surface area contributed by atoms with Crippen molar-refractivity contribution >= 4 is 6.09 Å². The lowest BCUT2D eigenvalue weighted by Gasteiger charge is -2.35. The second-order valence-electron chi connectivity index (χ2n) is 8.48. The van der Waals surface area contributed by atoms with E-state index in [2.05, 4.69) is 42.2 Å². The van der Waals surface area contributed by atoms with Crippen LogP contribution in [-0.4, -0.2) is 46.7 Å². The van der Waals surface area contributed by atoms with Gasteiger partial charge in [0, 0.05) is 24.7 Å². The van der Waals surface area contributed by atoms with E-state index in [1.807, 2.05) is 25.7 Å². The molecule has 1 aromatic rings. The number of benzene rings is 1. The van der Waals surface area contributed by atoms with Gasteiger partial charge in [0.05, 0.1) is 0 Å². The van der Waals surface area contributed by atoms with Crippen LogP contribution in [0.4, 0.5) is 4.79 Å². The van der Waals surface area contributed by atoms with Crippen molar-refractivity contribution in [2.45, 2.75) is 77.1 Å². The lowest BCUT2D eigenvalue weighted by atomic mass is 10.1. The van der Waals surface area contributed by atoms with Crippen LogP contribution in [0.15, 0.2) is 30.3 Å². The summed E-state index contributed by atoms with van der Waals surface area (Å²) < 4.78 is 5.66. The molecule has 1 saturated carbocycles. The molecule has 1 amide bonds. The first kappa shape index (κ1) is 18.2. The Kier molecular flexibility index (Phi) is 5.38. The molecule has 4 heteroatoms. The summed E-state index contributed by atoms with van der Waals surface area (Å²) in [5, 5.41) is 0. The van der Waals surface area contributed by atoms with Gasteiger partial charge in [-0.2, -0.15) is 0 Å². The van der Waals surface area contributed by atoms with E-state index in [0.29, 0.717) is 18.1 Å². The summed E-state index contributed by atoms with van der Waals surface area (Å²) in [6, 6.07) is 11.9. The van der Waals surface area contributed by atoms with Crippen molar-refractivity contribution in [2.24, 2.45) is 0 Å². The number of likely N-dealkylation sites (tertiary alicyclic amines) is 1. The monoisotopic (exact) mass is 344 g/mol. The second-order valence-corrected chi connectivity index (χ2v) is 8.48. The molecule has 1 saturated heterocycles. The fourth-order valence-corrected chi connectivity index (χ4v) is 3.79. The van der Waals surface area contributed by atoms with Gasteiger partial charge in [0.15, 0.2) is 0 Å². The number of carbonyl (C=O) groups is 1. The van der Waals surface area contributed by atoms with E-state index in [1.165, 1.54) is 12.0 Å². The molecule has 0 spiro atoms. The van der Waals surface area contributed by atoms with Crippen LogP contribution >= 0.6 is 0 Å². The van der Waals surface area contributed by atoms with E-state index < -0.39 is 5.60 Å². The van der Waals surface area contributed by atoms with Crippen LogP contribution in [0, 0.1) is 0 Å². The quantitative estimate of drug-likeness (QED) is 0.782. The van der Waals surface area contributed by atoms with E-state index >= 15 is 0 Å². The smallest absolute Gasteiger partial charge is 0.410 e. The predicted octanol–water partition coefficient (Wildman–Crippen LogP) is 4.61. The Morgan fingerprint density at radius 2 is 1.92 bits per heavy atom. The Morgan fingerprint density at radius 3 is 2.52 bits per heavy atom. The third-order valence-electron chi connectivity index (χ3n) is 5.23. The summed E-state index contributed by atoms with van der Waals surface area (Å²) in [4.78, 5) is 17.2. The first-order valence-corrected chi connectivity index (χ1v) is 9.65. The van der Waals surface area contributed by atoms with Crippen molar-refractivity contribution in [3.8, 4) is 0 Å². The summed E-state index contributed by atoms with van der Waals surface area (Å²) >= 11 is 0. The largest absolute Gasteiger partial charge is 0.444 e. The number of amides is 1. The number of hydrogen-bond donors (Lipinski definition) is 0. The second kappa shape index (κ2) is 7.36. The van der Waals surface area contributed by atoms with Crippen molar-refractivity contribution in [1.29, 1.82) is 0 Å². The van der Waals surface area contributed by atoms with Gasteiger partial charge in [-0.3, -0.25) is 4.90 Å². The minimum atomic E-state index is -0.434. The zero-order valence-corrected chi connectivity index (χ0v) is 16.1. The lowest BCUT2D eigenvalue weighted by Crippen LogP contribution is -2.46. The SMILES string of the molecule is C[C@H](c1ccccc1)N1CCC[C@@H]1CN(C(=O)OC(C)(C)C)C1CC1. The molecule has 4 nitrogen and oxygen atoms in total. The third kappa shape index (κ3) is 4.75. The van der Waals surface area contributed by atoms with E-state index in [0.717, 1.165) is 32.4 Å². The van der Waals surface area contributed by atoms with Gasteiger partial charge in [-0.25, -0.2) is 4.79 Å². The molecule has 0 unspecified atom stereocenters. The first-order chi connectivity index (χ1) is 11.8. The predicted molar refractivity (Wildman–Crippen MR) is 101 cm³/mol. The van der Waals surface area contributed by atoms with Gasteiger partial charge in [-0.1, -0.05) is 30.3 Å². The van der Waals surface area contributed by atoms with Gasteiger partial charge >= 0.3 is 6.09 Å². The Labute approximate surface area is 152 Å². The molecule has 0 radical (unpaired) electrons. The summed E-state index contributed by atoms with van der Waals surface area (Å²) in [7, 11) is 0. The molecule has 2 atom stereocenters. The highest BCUT2D eigenvalue weighted by atomic mass is 16.6. The average molecular weight is 344 g/mol. The fourth-order valence-electron chi connectivity index (χ4n) is 3.79. The highest BCUT2D eigenvalue weighted by molar-refractivity contribution is 5.69. The van der Waals surface area contributed by atoms with Gasteiger partial charge in [-0.05, 0) is 65.5 Å². The van der Waals surface area contributed by atoms with Gasteiger partial charge in [0.2, 0.25) is 0 Å². The van der Waals surface area contributed by atoms with Crippen LogP contribution < -0.4 is 0 Å². The number of ether oxygens (including phenoxy) is 1. The summed E-state index contributed by atoms with van der Waals surface area (Å²) in [5.74, 6) is 0. The van der Waals surface area contributed by atoms with Crippen molar-refractivity contribution in [1.82, 2.24) is 9.80 Å². The van der Waals surface area contributed by atoms with E-state index in [1.54, 1.807) is 0 Å². The highest BCUT2D eigenvalue weighted by Crippen LogP contribution is 2.33. The normalized spacial score (nSPS) is 22.6. The Morgan fingerprint density at radius 1 is 1.24 bits per heavy atom. The van der Waals surface area contributed by atoms with Crippen molar-refractivity contribution in [3.63, 3.8) is 0 Å². The average Bonchev–Trinajstić information content (AvgIpc) is 3.29. The Hall–Kier alpha value is -1.55. The van der Waals surface area contributed by atoms with Crippen LogP contribution in [0.25, 0.3) is 0 Å². The Bertz CT molecular complexity index is 577. The first-order valence-electron chi connectivity index (χ1n) is 9.65. The van der Waals surface area contributed by atoms with Crippen LogP contribution in [0.2, 0.25) is 0 Å². The minimum Gasteiger partial charge on any atom is -0.444 e. The maximum Gasteiger partial charge on any atom is 0.410 e. The summed E-state index contributed by atoms with van der Waals surface area (Å²) in [5.41, 5.74) is 0.918. The number of carbonyl (C=O) groups excluding carboxylic acids is 1. The summed E-state index contributed by atoms with van der Waals surface area (Å²) in [6.07, 6.45) is 4.44. The molecule has 1 aliphatic heterocycles. The third-order valence-corrected chi connectivity index (χ3v) is 5.23. The van der Waals surface area contributed by atoms with E-state index in [-0.39, 0.29) is 6.09 Å². The number of rotatable bonds is 5. The molecule has 25 heavy (non-hydrogen) atoms. The zero-order chi connectivity index (χ0) is 18.0. The summed E-state index contributed by atoms with van der Waals surface area (Å²) in [6.45, 7) is 9.99. The molecule has 0 bridgehead atoms. The van der Waals surface area contributed by atoms with Gasteiger partial charge in [0.25, 0.3) is 0 Å². The van der Waals surface area contributed by atoms with Crippen molar-refractivity contribution in [2.75, 3.05) is 13.1 Å². The molecule has 0 N–H and O–H groups in total. The highest BCUT2D eigenvalue weighted by Gasteiger charge is 2.39.